The molecular formula is C25H31FN2O3. The number of aryl methyl sites for hydroxylation is 1. The molecule has 1 aromatic heterocycles. The van der Waals surface area contributed by atoms with E-state index in [0.29, 0.717) is 30.7 Å². The van der Waals surface area contributed by atoms with Gasteiger partial charge < -0.3 is 24.5 Å². The van der Waals surface area contributed by atoms with E-state index < -0.39 is 0 Å². The molecule has 1 fully saturated rings. The van der Waals surface area contributed by atoms with E-state index in [1.165, 1.54) is 28.6 Å². The lowest BCUT2D eigenvalue weighted by molar-refractivity contribution is 0.256. The quantitative estimate of drug-likeness (QED) is 0.424. The van der Waals surface area contributed by atoms with Crippen LogP contribution in [0.1, 0.15) is 31.7 Å². The molecule has 1 heterocycles. The maximum Gasteiger partial charge on any atom is 0.164 e. The summed E-state index contributed by atoms with van der Waals surface area (Å²) in [6.45, 7) is 4.39. The monoisotopic (exact) mass is 426 g/mol. The summed E-state index contributed by atoms with van der Waals surface area (Å²) in [6, 6.07) is 13.4. The van der Waals surface area contributed by atoms with Crippen molar-refractivity contribution in [3.8, 4) is 11.5 Å². The summed E-state index contributed by atoms with van der Waals surface area (Å²) in [5.41, 5.74) is 2.49. The Morgan fingerprint density at radius 2 is 2.03 bits per heavy atom. The molecule has 1 saturated carbocycles. The highest BCUT2D eigenvalue weighted by molar-refractivity contribution is 5.80. The van der Waals surface area contributed by atoms with Gasteiger partial charge in [-0.05, 0) is 73.9 Å². The summed E-state index contributed by atoms with van der Waals surface area (Å²) in [4.78, 5) is 0. The Morgan fingerprint density at radius 3 is 2.84 bits per heavy atom. The van der Waals surface area contributed by atoms with Crippen LogP contribution in [0.5, 0.6) is 11.5 Å². The molecule has 1 atom stereocenters. The molecular weight excluding hydrogens is 395 g/mol. The summed E-state index contributed by atoms with van der Waals surface area (Å²) in [6.07, 6.45) is 6.01. The molecule has 6 heteroatoms. The highest BCUT2D eigenvalue weighted by Crippen LogP contribution is 2.34. The number of fused-ring (bicyclic) bond motifs is 1. The molecule has 0 bridgehead atoms. The molecule has 0 unspecified atom stereocenters. The van der Waals surface area contributed by atoms with Crippen LogP contribution in [0.2, 0.25) is 0 Å². The van der Waals surface area contributed by atoms with Crippen molar-refractivity contribution in [2.45, 2.75) is 51.3 Å². The third-order valence-electron chi connectivity index (χ3n) is 5.51. The minimum atomic E-state index is -0.310. The van der Waals surface area contributed by atoms with E-state index in [9.17, 15) is 4.39 Å². The normalized spacial score (nSPS) is 14.7. The molecule has 5 nitrogen and oxygen atoms in total. The van der Waals surface area contributed by atoms with Gasteiger partial charge in [-0.15, -0.1) is 0 Å². The zero-order chi connectivity index (χ0) is 21.6. The molecule has 4 rings (SSSR count). The lowest BCUT2D eigenvalue weighted by Gasteiger charge is -2.16. The Balaban J connectivity index is 1.24. The number of halogens is 1. The summed E-state index contributed by atoms with van der Waals surface area (Å²) >= 11 is 0. The SMILES string of the molecule is C[C@H](Cc1ccc2c(ccn2CCCO)c1)NCCOc1ccc(F)cc1OC1CC1. The number of nitrogens with zero attached hydrogens (tertiary/aromatic N) is 1. The van der Waals surface area contributed by atoms with E-state index >= 15 is 0 Å². The highest BCUT2D eigenvalue weighted by Gasteiger charge is 2.25. The summed E-state index contributed by atoms with van der Waals surface area (Å²) in [5.74, 6) is 0.782. The minimum absolute atomic E-state index is 0.200. The van der Waals surface area contributed by atoms with Crippen molar-refractivity contribution in [2.75, 3.05) is 19.8 Å². The van der Waals surface area contributed by atoms with Crippen molar-refractivity contribution in [2.24, 2.45) is 0 Å². The van der Waals surface area contributed by atoms with Crippen molar-refractivity contribution in [1.82, 2.24) is 9.88 Å². The van der Waals surface area contributed by atoms with Gasteiger partial charge in [0.25, 0.3) is 0 Å². The first kappa shape index (κ1) is 21.7. The third kappa shape index (κ3) is 5.99. The van der Waals surface area contributed by atoms with E-state index in [0.717, 1.165) is 32.2 Å². The second-order valence-electron chi connectivity index (χ2n) is 8.30. The standard InChI is InChI=1S/C25H31FN2O3/c1-18(15-19-3-7-23-20(16-19)9-12-28(23)11-2-13-29)27-10-14-30-24-8-4-21(26)17-25(24)31-22-5-6-22/h3-4,7-9,12,16-18,22,27,29H,2,5-6,10-11,13-15H2,1H3/t18-/m1/s1. The van der Waals surface area contributed by atoms with Gasteiger partial charge in [-0.25, -0.2) is 4.39 Å². The van der Waals surface area contributed by atoms with E-state index in [2.05, 4.69) is 47.3 Å². The topological polar surface area (TPSA) is 55.7 Å². The van der Waals surface area contributed by atoms with Crippen molar-refractivity contribution in [1.29, 1.82) is 0 Å². The van der Waals surface area contributed by atoms with Crippen LogP contribution >= 0.6 is 0 Å². The van der Waals surface area contributed by atoms with Gasteiger partial charge in [0.2, 0.25) is 0 Å². The van der Waals surface area contributed by atoms with Crippen LogP contribution in [-0.4, -0.2) is 41.6 Å². The molecule has 0 radical (unpaired) electrons. The van der Waals surface area contributed by atoms with Gasteiger partial charge in [-0.2, -0.15) is 0 Å². The molecule has 0 spiro atoms. The van der Waals surface area contributed by atoms with Crippen LogP contribution in [-0.2, 0) is 13.0 Å². The molecule has 0 aliphatic heterocycles. The Hall–Kier alpha value is -2.57. The van der Waals surface area contributed by atoms with Gasteiger partial charge in [0.05, 0.1) is 6.10 Å². The fraction of sp³-hybridized carbons (Fsp3) is 0.440. The number of rotatable bonds is 12. The van der Waals surface area contributed by atoms with Gasteiger partial charge in [0.1, 0.15) is 12.4 Å². The van der Waals surface area contributed by atoms with Crippen molar-refractivity contribution in [3.05, 3.63) is 60.0 Å². The zero-order valence-corrected chi connectivity index (χ0v) is 18.0. The van der Waals surface area contributed by atoms with E-state index in [4.69, 9.17) is 14.6 Å². The number of ether oxygens (including phenoxy) is 2. The second-order valence-corrected chi connectivity index (χ2v) is 8.30. The van der Waals surface area contributed by atoms with Gasteiger partial charge >= 0.3 is 0 Å². The third-order valence-corrected chi connectivity index (χ3v) is 5.51. The van der Waals surface area contributed by atoms with Gasteiger partial charge in [-0.1, -0.05) is 6.07 Å². The first-order valence-electron chi connectivity index (χ1n) is 11.1. The maximum atomic E-state index is 13.5. The van der Waals surface area contributed by atoms with Crippen LogP contribution in [0.4, 0.5) is 4.39 Å². The predicted molar refractivity (Wildman–Crippen MR) is 120 cm³/mol. The molecule has 0 saturated heterocycles. The summed E-state index contributed by atoms with van der Waals surface area (Å²) < 4.78 is 27.3. The number of aliphatic hydroxyl groups excluding tert-OH is 1. The van der Waals surface area contributed by atoms with Crippen molar-refractivity contribution in [3.63, 3.8) is 0 Å². The predicted octanol–water partition coefficient (Wildman–Crippen LogP) is 4.30. The fourth-order valence-corrected chi connectivity index (χ4v) is 3.76. The molecule has 0 amide bonds. The average molecular weight is 427 g/mol. The number of aromatic nitrogens is 1. The Bertz CT molecular complexity index is 1000. The van der Waals surface area contributed by atoms with Crippen LogP contribution in [0.25, 0.3) is 10.9 Å². The Morgan fingerprint density at radius 1 is 1.16 bits per heavy atom. The molecule has 2 aromatic carbocycles. The van der Waals surface area contributed by atoms with Crippen LogP contribution in [0.15, 0.2) is 48.7 Å². The number of hydrogen-bond acceptors (Lipinski definition) is 4. The lowest BCUT2D eigenvalue weighted by atomic mass is 10.1. The van der Waals surface area contributed by atoms with Crippen LogP contribution < -0.4 is 14.8 Å². The molecule has 3 aromatic rings. The van der Waals surface area contributed by atoms with Gasteiger partial charge in [-0.3, -0.25) is 0 Å². The number of hydrogen-bond donors (Lipinski definition) is 2. The van der Waals surface area contributed by atoms with Gasteiger partial charge in [0, 0.05) is 43.5 Å². The van der Waals surface area contributed by atoms with Gasteiger partial charge in [0.15, 0.2) is 11.5 Å². The summed E-state index contributed by atoms with van der Waals surface area (Å²) in [5, 5.41) is 13.8. The van der Waals surface area contributed by atoms with E-state index in [1.54, 1.807) is 6.07 Å². The first-order chi connectivity index (χ1) is 15.1. The highest BCUT2D eigenvalue weighted by atomic mass is 19.1. The van der Waals surface area contributed by atoms with Crippen LogP contribution in [0.3, 0.4) is 0 Å². The largest absolute Gasteiger partial charge is 0.488 e. The van der Waals surface area contributed by atoms with Crippen molar-refractivity contribution >= 4 is 10.9 Å². The van der Waals surface area contributed by atoms with E-state index in [1.807, 2.05) is 0 Å². The van der Waals surface area contributed by atoms with Crippen molar-refractivity contribution < 1.29 is 19.0 Å². The summed E-state index contributed by atoms with van der Waals surface area (Å²) in [7, 11) is 0. The Labute approximate surface area is 182 Å². The lowest BCUT2D eigenvalue weighted by Crippen LogP contribution is -2.31. The molecule has 31 heavy (non-hydrogen) atoms. The fourth-order valence-electron chi connectivity index (χ4n) is 3.76. The number of benzene rings is 2. The molecule has 166 valence electrons. The molecule has 1 aliphatic carbocycles. The second kappa shape index (κ2) is 10.2. The smallest absolute Gasteiger partial charge is 0.164 e. The zero-order valence-electron chi connectivity index (χ0n) is 18.0. The Kier molecular flexibility index (Phi) is 7.10. The molecule has 2 N–H and O–H groups in total. The minimum Gasteiger partial charge on any atom is -0.488 e. The number of aliphatic hydroxyl groups is 1. The average Bonchev–Trinajstić information content (AvgIpc) is 3.48. The first-order valence-corrected chi connectivity index (χ1v) is 11.1. The van der Waals surface area contributed by atoms with E-state index in [-0.39, 0.29) is 18.5 Å². The van der Waals surface area contributed by atoms with Crippen LogP contribution in [0, 0.1) is 5.82 Å². The number of nitrogens with one attached hydrogen (secondary N) is 1. The maximum absolute atomic E-state index is 13.5. The molecule has 1 aliphatic rings.